The summed E-state index contributed by atoms with van der Waals surface area (Å²) in [5, 5.41) is 20.3. The minimum Gasteiger partial charge on any atom is -0.496 e. The molecule has 0 aliphatic heterocycles. The Balaban J connectivity index is 0.00000147. The molecule has 226 valence electrons. The zero-order valence-electron chi connectivity index (χ0n) is 26.2. The number of hydrogen-bond acceptors (Lipinski definition) is 8. The summed E-state index contributed by atoms with van der Waals surface area (Å²) in [4.78, 5) is 20.8. The number of rotatable bonds is 8. The second-order valence-corrected chi connectivity index (χ2v) is 9.36. The van der Waals surface area contributed by atoms with Gasteiger partial charge in [0, 0.05) is 17.6 Å². The zero-order valence-corrected chi connectivity index (χ0v) is 26.2. The monoisotopic (exact) mass is 573 g/mol. The van der Waals surface area contributed by atoms with Crippen LogP contribution in [0.5, 0.6) is 5.75 Å². The molecule has 0 saturated carbocycles. The first-order valence-corrected chi connectivity index (χ1v) is 13.7. The van der Waals surface area contributed by atoms with Crippen LogP contribution < -0.4 is 21.1 Å². The van der Waals surface area contributed by atoms with Gasteiger partial charge < -0.3 is 26.5 Å². The molecule has 3 aromatic rings. The highest BCUT2D eigenvalue weighted by Crippen LogP contribution is 2.24. The Bertz CT molecular complexity index is 1280. The molecule has 2 aromatic carbocycles. The van der Waals surface area contributed by atoms with Crippen LogP contribution in [0.15, 0.2) is 79.2 Å². The Morgan fingerprint density at radius 1 is 1.00 bits per heavy atom. The van der Waals surface area contributed by atoms with Crippen molar-refractivity contribution < 1.29 is 9.53 Å². The van der Waals surface area contributed by atoms with Crippen molar-refractivity contribution in [3.05, 3.63) is 101 Å². The van der Waals surface area contributed by atoms with Gasteiger partial charge in [0.1, 0.15) is 23.7 Å². The fraction of sp³-hybridized carbons (Fsp3) is 0.303. The number of nitrogen functional groups attached to an aromatic ring is 1. The van der Waals surface area contributed by atoms with Crippen molar-refractivity contribution in [1.82, 2.24) is 15.3 Å². The number of nitrogens with two attached hydrogens (primary N) is 1. The first-order valence-electron chi connectivity index (χ1n) is 13.7. The van der Waals surface area contributed by atoms with E-state index in [1.165, 1.54) is 13.4 Å². The molecular weight excluding hydrogens is 526 g/mol. The molecule has 3 rings (SSSR count). The second-order valence-electron chi connectivity index (χ2n) is 9.36. The lowest BCUT2D eigenvalue weighted by molar-refractivity contribution is 0.0948. The van der Waals surface area contributed by atoms with E-state index in [0.717, 1.165) is 5.56 Å². The summed E-state index contributed by atoms with van der Waals surface area (Å²) in [6, 6.07) is 14.4. The van der Waals surface area contributed by atoms with Gasteiger partial charge in [0.25, 0.3) is 5.91 Å². The number of carbonyl (C=O) groups excluding carboxylic acids is 1. The second kappa shape index (κ2) is 20.1. The lowest BCUT2D eigenvalue weighted by Gasteiger charge is -2.23. The van der Waals surface area contributed by atoms with Gasteiger partial charge in [-0.1, -0.05) is 74.5 Å². The number of carbonyl (C=O) groups is 1. The number of nitrogens with zero attached hydrogens (tertiary/aromatic N) is 2. The first kappa shape index (κ1) is 37.2. The Labute approximate surface area is 251 Å². The Kier molecular flexibility index (Phi) is 17.8. The van der Waals surface area contributed by atoms with Gasteiger partial charge in [0.2, 0.25) is 0 Å². The molecule has 0 aliphatic rings. The lowest BCUT2D eigenvalue weighted by atomic mass is 10.0. The van der Waals surface area contributed by atoms with Gasteiger partial charge in [-0.3, -0.25) is 10.2 Å². The van der Waals surface area contributed by atoms with E-state index < -0.39 is 0 Å². The highest BCUT2D eigenvalue weighted by molar-refractivity contribution is 6.16. The molecule has 0 bridgehead atoms. The summed E-state index contributed by atoms with van der Waals surface area (Å²) in [5.74, 6) is 1.07. The SMILES string of the molecule is C/C=C\C=C/C.C=N.CC.COc1ccccc1C(=O)NCc1ccc(C(=N)c2c(N)ncnc2NC(C)(C)C)cc1. The van der Waals surface area contributed by atoms with Crippen molar-refractivity contribution >= 4 is 30.0 Å². The number of hydrogen-bond donors (Lipinski definition) is 5. The van der Waals surface area contributed by atoms with E-state index in [1.807, 2.05) is 103 Å². The Hall–Kier alpha value is -4.79. The van der Waals surface area contributed by atoms with Crippen LogP contribution in [0.3, 0.4) is 0 Å². The smallest absolute Gasteiger partial charge is 0.255 e. The number of benzene rings is 2. The fourth-order valence-electron chi connectivity index (χ4n) is 3.36. The third kappa shape index (κ3) is 12.6. The van der Waals surface area contributed by atoms with Gasteiger partial charge >= 0.3 is 0 Å². The zero-order chi connectivity index (χ0) is 32.1. The Morgan fingerprint density at radius 2 is 1.57 bits per heavy atom. The molecule has 0 atom stereocenters. The van der Waals surface area contributed by atoms with Gasteiger partial charge in [0.15, 0.2) is 0 Å². The van der Waals surface area contributed by atoms with E-state index >= 15 is 0 Å². The maximum Gasteiger partial charge on any atom is 0.255 e. The molecule has 1 amide bonds. The lowest BCUT2D eigenvalue weighted by Crippen LogP contribution is -2.28. The molecule has 42 heavy (non-hydrogen) atoms. The molecule has 9 nitrogen and oxygen atoms in total. The van der Waals surface area contributed by atoms with E-state index in [1.54, 1.807) is 18.2 Å². The van der Waals surface area contributed by atoms with Gasteiger partial charge in [-0.25, -0.2) is 9.97 Å². The van der Waals surface area contributed by atoms with Crippen LogP contribution in [-0.4, -0.2) is 41.0 Å². The first-order chi connectivity index (χ1) is 20.1. The summed E-state index contributed by atoms with van der Waals surface area (Å²) >= 11 is 0. The van der Waals surface area contributed by atoms with Crippen molar-refractivity contribution in [3.8, 4) is 5.75 Å². The quantitative estimate of drug-likeness (QED) is 0.144. The standard InChI is InChI=1S/C24H28N6O2.C6H10.C2H6.CH3N/c1-24(2,3)30-22-19(21(26)28-14-29-22)20(25)16-11-9-15(10-12-16)13-27-23(31)17-7-5-6-8-18(17)32-4;1-3-5-6-4-2;2*1-2/h5-12,14,25H,13H2,1-4H3,(H,27,31)(H3,26,28,29,30);3-6H,1-2H3;1-2H3;2H,1H2/b;5-3-,6-4-;;. The minimum absolute atomic E-state index is 0.216. The molecule has 1 heterocycles. The van der Waals surface area contributed by atoms with Crippen molar-refractivity contribution in [2.75, 3.05) is 18.2 Å². The number of aromatic nitrogens is 2. The number of amides is 1. The van der Waals surface area contributed by atoms with Crippen LogP contribution in [0.25, 0.3) is 0 Å². The molecule has 6 N–H and O–H groups in total. The van der Waals surface area contributed by atoms with Crippen LogP contribution in [0, 0.1) is 10.8 Å². The molecule has 1 aromatic heterocycles. The maximum atomic E-state index is 12.5. The van der Waals surface area contributed by atoms with Gasteiger partial charge in [0.05, 0.1) is 23.9 Å². The predicted molar refractivity (Wildman–Crippen MR) is 177 cm³/mol. The van der Waals surface area contributed by atoms with Crippen LogP contribution in [-0.2, 0) is 6.54 Å². The predicted octanol–water partition coefficient (Wildman–Crippen LogP) is 7.05. The average Bonchev–Trinajstić information content (AvgIpc) is 3.00. The van der Waals surface area contributed by atoms with Crippen molar-refractivity contribution in [1.29, 1.82) is 10.8 Å². The number of ether oxygens (including phenoxy) is 1. The number of para-hydroxylation sites is 1. The van der Waals surface area contributed by atoms with Gasteiger partial charge in [-0.2, -0.15) is 0 Å². The molecule has 0 radical (unpaired) electrons. The molecule has 9 heteroatoms. The molecule has 0 spiro atoms. The van der Waals surface area contributed by atoms with Crippen molar-refractivity contribution in [2.24, 2.45) is 0 Å². The van der Waals surface area contributed by atoms with E-state index in [9.17, 15) is 4.79 Å². The van der Waals surface area contributed by atoms with Gasteiger partial charge in [-0.05, 0) is 59.0 Å². The van der Waals surface area contributed by atoms with Crippen LogP contribution in [0.4, 0.5) is 11.6 Å². The molecule has 0 fully saturated rings. The third-order valence-corrected chi connectivity index (χ3v) is 5.16. The average molecular weight is 574 g/mol. The fourth-order valence-corrected chi connectivity index (χ4v) is 3.36. The largest absolute Gasteiger partial charge is 0.496 e. The highest BCUT2D eigenvalue weighted by atomic mass is 16.5. The third-order valence-electron chi connectivity index (χ3n) is 5.16. The van der Waals surface area contributed by atoms with Crippen LogP contribution in [0.1, 0.15) is 75.5 Å². The normalized spacial score (nSPS) is 10.3. The number of anilines is 2. The topological polar surface area (TPSA) is 150 Å². The number of allylic oxidation sites excluding steroid dienone is 4. The van der Waals surface area contributed by atoms with Crippen LogP contribution >= 0.6 is 0 Å². The molecule has 0 aliphatic carbocycles. The Morgan fingerprint density at radius 3 is 2.10 bits per heavy atom. The summed E-state index contributed by atoms with van der Waals surface area (Å²) in [7, 11) is 1.53. The summed E-state index contributed by atoms with van der Waals surface area (Å²) in [6.07, 6.45) is 9.38. The van der Waals surface area contributed by atoms with Crippen molar-refractivity contribution in [2.45, 2.75) is 60.5 Å². The van der Waals surface area contributed by atoms with E-state index in [-0.39, 0.29) is 23.0 Å². The van der Waals surface area contributed by atoms with E-state index in [4.69, 9.17) is 21.3 Å². The number of nitrogens with one attached hydrogen (secondary N) is 4. The summed E-state index contributed by atoms with van der Waals surface area (Å²) in [5.41, 5.74) is 8.55. The summed E-state index contributed by atoms with van der Waals surface area (Å²) in [6.45, 7) is 16.9. The molecule has 0 saturated heterocycles. The number of methoxy groups -OCH3 is 1. The molecule has 0 unspecified atom stereocenters. The minimum atomic E-state index is -0.251. The van der Waals surface area contributed by atoms with Gasteiger partial charge in [-0.15, -0.1) is 0 Å². The summed E-state index contributed by atoms with van der Waals surface area (Å²) < 4.78 is 5.24. The van der Waals surface area contributed by atoms with E-state index in [0.29, 0.717) is 34.8 Å². The molecular formula is C33H47N7O2. The maximum absolute atomic E-state index is 12.5. The van der Waals surface area contributed by atoms with Crippen LogP contribution in [0.2, 0.25) is 0 Å². The van der Waals surface area contributed by atoms with E-state index in [2.05, 4.69) is 27.3 Å². The van der Waals surface area contributed by atoms with Crippen molar-refractivity contribution in [3.63, 3.8) is 0 Å². The highest BCUT2D eigenvalue weighted by Gasteiger charge is 2.20.